The molecule has 2 fully saturated rings. The molecular formula is C17H24N4O2. The molecule has 2 saturated heterocycles. The fourth-order valence-corrected chi connectivity index (χ4v) is 3.31. The van der Waals surface area contributed by atoms with E-state index in [1.165, 1.54) is 0 Å². The number of anilines is 1. The van der Waals surface area contributed by atoms with Gasteiger partial charge < -0.3 is 15.5 Å². The highest BCUT2D eigenvalue weighted by Gasteiger charge is 2.24. The zero-order chi connectivity index (χ0) is 16.2. The van der Waals surface area contributed by atoms with Crippen LogP contribution in [0.2, 0.25) is 0 Å². The number of nitrogens with zero attached hydrogens (tertiary/aromatic N) is 2. The molecule has 2 aliphatic rings. The van der Waals surface area contributed by atoms with Crippen LogP contribution in [-0.4, -0.2) is 56.6 Å². The van der Waals surface area contributed by atoms with Crippen molar-refractivity contribution >= 4 is 17.6 Å². The van der Waals surface area contributed by atoms with E-state index in [9.17, 15) is 9.59 Å². The van der Waals surface area contributed by atoms with Crippen molar-refractivity contribution in [2.45, 2.75) is 12.8 Å². The summed E-state index contributed by atoms with van der Waals surface area (Å²) in [6, 6.07) is 7.28. The van der Waals surface area contributed by atoms with E-state index in [2.05, 4.69) is 10.6 Å². The van der Waals surface area contributed by atoms with Crippen LogP contribution in [-0.2, 0) is 0 Å². The Kier molecular flexibility index (Phi) is 4.81. The third kappa shape index (κ3) is 3.47. The number of likely N-dealkylation sites (tertiary alicyclic amines) is 1. The lowest BCUT2D eigenvalue weighted by Crippen LogP contribution is -2.40. The average Bonchev–Trinajstić information content (AvgIpc) is 3.01. The van der Waals surface area contributed by atoms with E-state index >= 15 is 0 Å². The molecule has 0 aromatic heterocycles. The van der Waals surface area contributed by atoms with Gasteiger partial charge in [0.1, 0.15) is 0 Å². The highest BCUT2D eigenvalue weighted by atomic mass is 16.2. The van der Waals surface area contributed by atoms with Gasteiger partial charge in [0.25, 0.3) is 5.91 Å². The first-order valence-electron chi connectivity index (χ1n) is 8.28. The molecule has 23 heavy (non-hydrogen) atoms. The van der Waals surface area contributed by atoms with Crippen molar-refractivity contribution in [1.29, 1.82) is 0 Å². The van der Waals surface area contributed by atoms with Gasteiger partial charge in [-0.1, -0.05) is 0 Å². The molecule has 0 spiro atoms. The summed E-state index contributed by atoms with van der Waals surface area (Å²) in [4.78, 5) is 27.9. The number of piperidine rings is 1. The fourth-order valence-electron chi connectivity index (χ4n) is 3.31. The lowest BCUT2D eigenvalue weighted by molar-refractivity contribution is 0.0691. The molecule has 2 N–H and O–H groups in total. The normalized spacial score (nSPS) is 19.1. The molecule has 2 heterocycles. The number of hydrogen-bond donors (Lipinski definition) is 2. The Labute approximate surface area is 136 Å². The minimum Gasteiger partial charge on any atom is -0.339 e. The molecule has 3 amide bonds. The summed E-state index contributed by atoms with van der Waals surface area (Å²) in [6.07, 6.45) is 2.11. The summed E-state index contributed by atoms with van der Waals surface area (Å²) >= 11 is 0. The first-order chi connectivity index (χ1) is 11.2. The van der Waals surface area contributed by atoms with Gasteiger partial charge in [0.05, 0.1) is 0 Å². The van der Waals surface area contributed by atoms with Gasteiger partial charge in [0.2, 0.25) is 0 Å². The van der Waals surface area contributed by atoms with Gasteiger partial charge in [0.15, 0.2) is 0 Å². The van der Waals surface area contributed by atoms with Crippen LogP contribution in [0.15, 0.2) is 24.3 Å². The van der Waals surface area contributed by atoms with Crippen molar-refractivity contribution in [1.82, 2.24) is 15.5 Å². The number of hydrogen-bond acceptors (Lipinski definition) is 3. The Balaban J connectivity index is 1.61. The number of nitrogens with one attached hydrogen (secondary N) is 2. The second-order valence-corrected chi connectivity index (χ2v) is 6.22. The predicted molar refractivity (Wildman–Crippen MR) is 89.7 cm³/mol. The summed E-state index contributed by atoms with van der Waals surface area (Å²) in [5.41, 5.74) is 1.53. The van der Waals surface area contributed by atoms with Crippen molar-refractivity contribution in [2.24, 2.45) is 5.92 Å². The first kappa shape index (κ1) is 15.8. The third-order valence-corrected chi connectivity index (χ3v) is 4.68. The Hall–Kier alpha value is -2.08. The van der Waals surface area contributed by atoms with Crippen molar-refractivity contribution in [2.75, 3.05) is 44.7 Å². The number of urea groups is 1. The van der Waals surface area contributed by atoms with Crippen LogP contribution in [0.1, 0.15) is 23.2 Å². The number of benzene rings is 1. The molecular weight excluding hydrogens is 292 g/mol. The lowest BCUT2D eigenvalue weighted by atomic mass is 9.96. The van der Waals surface area contributed by atoms with Gasteiger partial charge in [-0.15, -0.1) is 0 Å². The van der Waals surface area contributed by atoms with Crippen molar-refractivity contribution < 1.29 is 9.59 Å². The van der Waals surface area contributed by atoms with Crippen LogP contribution >= 0.6 is 0 Å². The predicted octanol–water partition coefficient (Wildman–Crippen LogP) is 1.29. The summed E-state index contributed by atoms with van der Waals surface area (Å²) in [5.74, 6) is 0.755. The molecule has 3 rings (SSSR count). The first-order valence-corrected chi connectivity index (χ1v) is 8.28. The van der Waals surface area contributed by atoms with E-state index in [0.29, 0.717) is 24.6 Å². The molecule has 0 saturated carbocycles. The monoisotopic (exact) mass is 316 g/mol. The van der Waals surface area contributed by atoms with Crippen LogP contribution in [0, 0.1) is 5.92 Å². The molecule has 2 aliphatic heterocycles. The van der Waals surface area contributed by atoms with Gasteiger partial charge in [-0.05, 0) is 56.6 Å². The van der Waals surface area contributed by atoms with Crippen LogP contribution in [0.5, 0.6) is 0 Å². The quantitative estimate of drug-likeness (QED) is 0.880. The van der Waals surface area contributed by atoms with E-state index in [1.807, 2.05) is 36.2 Å². The number of amides is 3. The van der Waals surface area contributed by atoms with E-state index < -0.39 is 0 Å². The van der Waals surface area contributed by atoms with E-state index in [4.69, 9.17) is 0 Å². The standard InChI is InChI=1S/C17H24N4O2/c1-18-12-13-6-9-20(10-7-13)16(22)14-2-4-15(5-3-14)21-11-8-19-17(21)23/h2-5,13,18H,6-12H2,1H3,(H,19,23). The molecule has 0 radical (unpaired) electrons. The van der Waals surface area contributed by atoms with Gasteiger partial charge in [0, 0.05) is 37.4 Å². The minimum atomic E-state index is -0.0734. The second kappa shape index (κ2) is 7.00. The fraction of sp³-hybridized carbons (Fsp3) is 0.529. The average molecular weight is 316 g/mol. The topological polar surface area (TPSA) is 64.7 Å². The van der Waals surface area contributed by atoms with Gasteiger partial charge >= 0.3 is 6.03 Å². The van der Waals surface area contributed by atoms with Crippen molar-refractivity contribution in [3.8, 4) is 0 Å². The summed E-state index contributed by atoms with van der Waals surface area (Å²) in [5, 5.41) is 5.99. The number of rotatable bonds is 4. The van der Waals surface area contributed by atoms with Crippen LogP contribution in [0.4, 0.5) is 10.5 Å². The molecule has 0 atom stereocenters. The molecule has 0 aliphatic carbocycles. The summed E-state index contributed by atoms with van der Waals surface area (Å²) in [7, 11) is 1.97. The van der Waals surface area contributed by atoms with E-state index in [-0.39, 0.29) is 11.9 Å². The van der Waals surface area contributed by atoms with E-state index in [0.717, 1.165) is 38.2 Å². The summed E-state index contributed by atoms with van der Waals surface area (Å²) < 4.78 is 0. The maximum Gasteiger partial charge on any atom is 0.321 e. The Morgan fingerprint density at radius 1 is 1.22 bits per heavy atom. The maximum atomic E-state index is 12.6. The molecule has 1 aromatic rings. The van der Waals surface area contributed by atoms with Gasteiger partial charge in [-0.2, -0.15) is 0 Å². The third-order valence-electron chi connectivity index (χ3n) is 4.68. The smallest absolute Gasteiger partial charge is 0.321 e. The molecule has 6 nitrogen and oxygen atoms in total. The second-order valence-electron chi connectivity index (χ2n) is 6.22. The SMILES string of the molecule is CNCC1CCN(C(=O)c2ccc(N3CCNC3=O)cc2)CC1. The largest absolute Gasteiger partial charge is 0.339 e. The van der Waals surface area contributed by atoms with E-state index in [1.54, 1.807) is 4.90 Å². The van der Waals surface area contributed by atoms with Crippen LogP contribution in [0.25, 0.3) is 0 Å². The van der Waals surface area contributed by atoms with Gasteiger partial charge in [-0.3, -0.25) is 9.69 Å². The van der Waals surface area contributed by atoms with Crippen molar-refractivity contribution in [3.05, 3.63) is 29.8 Å². The summed E-state index contributed by atoms with van der Waals surface area (Å²) in [6.45, 7) is 4.00. The molecule has 124 valence electrons. The van der Waals surface area contributed by atoms with Crippen LogP contribution < -0.4 is 15.5 Å². The number of carbonyl (C=O) groups is 2. The zero-order valence-corrected chi connectivity index (χ0v) is 13.5. The zero-order valence-electron chi connectivity index (χ0n) is 13.5. The number of carbonyl (C=O) groups excluding carboxylic acids is 2. The molecule has 0 bridgehead atoms. The molecule has 1 aromatic carbocycles. The molecule has 6 heteroatoms. The Morgan fingerprint density at radius 3 is 2.48 bits per heavy atom. The van der Waals surface area contributed by atoms with Crippen molar-refractivity contribution in [3.63, 3.8) is 0 Å². The highest BCUT2D eigenvalue weighted by molar-refractivity contribution is 5.97. The molecule has 0 unspecified atom stereocenters. The maximum absolute atomic E-state index is 12.6. The highest BCUT2D eigenvalue weighted by Crippen LogP contribution is 2.21. The van der Waals surface area contributed by atoms with Crippen LogP contribution in [0.3, 0.4) is 0 Å². The Morgan fingerprint density at radius 2 is 1.91 bits per heavy atom. The van der Waals surface area contributed by atoms with Gasteiger partial charge in [-0.25, -0.2) is 4.79 Å². The lowest BCUT2D eigenvalue weighted by Gasteiger charge is -2.32. The minimum absolute atomic E-state index is 0.0734. The Bertz CT molecular complexity index is 564.